The molecule has 0 aliphatic carbocycles. The van der Waals surface area contributed by atoms with Gasteiger partial charge in [0.25, 0.3) is 6.71 Å². The van der Waals surface area contributed by atoms with E-state index >= 15 is 52.7 Å². The summed E-state index contributed by atoms with van der Waals surface area (Å²) < 4.78 is 234. The van der Waals surface area contributed by atoms with E-state index < -0.39 is 151 Å². The van der Waals surface area contributed by atoms with Gasteiger partial charge in [-0.25, -0.2) is 65.9 Å². The minimum atomic E-state index is -3.20. The Morgan fingerprint density at radius 3 is 1.21 bits per heavy atom. The summed E-state index contributed by atoms with van der Waals surface area (Å²) in [5.41, 5.74) is -5.92. The van der Waals surface area contributed by atoms with Crippen molar-refractivity contribution >= 4 is 61.8 Å². The van der Waals surface area contributed by atoms with Crippen molar-refractivity contribution in [3.05, 3.63) is 165 Å². The van der Waals surface area contributed by atoms with Crippen LogP contribution in [-0.2, 0) is 0 Å². The Balaban J connectivity index is 1.97. The van der Waals surface area contributed by atoms with E-state index in [0.717, 1.165) is 5.98 Å². The fraction of sp³-hybridized carbons (Fsp3) is 0.191. The Bertz CT molecular complexity index is 2760. The molecule has 0 saturated carbocycles. The molecule has 19 heteroatoms. The maximum absolute atomic E-state index is 16.7. The molecule has 0 unspecified atom stereocenters. The summed E-state index contributed by atoms with van der Waals surface area (Å²) >= 11 is 0. The van der Waals surface area contributed by atoms with E-state index in [0.29, 0.717) is 11.1 Å². The number of hydrogen-bond donors (Lipinski definition) is 0. The second kappa shape index (κ2) is 18.7. The molecule has 0 spiro atoms. The normalized spacial score (nSPS) is 12.3. The van der Waals surface area contributed by atoms with Crippen LogP contribution in [0.5, 0.6) is 0 Å². The van der Waals surface area contributed by atoms with E-state index in [-0.39, 0.29) is 27.7 Å². The van der Waals surface area contributed by atoms with Gasteiger partial charge in [-0.3, -0.25) is 0 Å². The molecule has 6 aromatic carbocycles. The molecule has 0 radical (unpaired) electrons. The third-order valence-corrected chi connectivity index (χ3v) is 15.3. The minimum absolute atomic E-state index is 0.0817. The summed E-state index contributed by atoms with van der Waals surface area (Å²) in [6, 6.07) is 17.2. The van der Waals surface area contributed by atoms with Gasteiger partial charge in [0, 0.05) is 10.9 Å². The van der Waals surface area contributed by atoms with Crippen molar-refractivity contribution in [2.24, 2.45) is 0 Å². The number of allylic oxidation sites excluding steroid dienone is 1. The van der Waals surface area contributed by atoms with Crippen LogP contribution in [0.25, 0.3) is 22.3 Å². The van der Waals surface area contributed by atoms with Crippen molar-refractivity contribution in [3.8, 4) is 22.3 Å². The summed E-state index contributed by atoms with van der Waals surface area (Å²) in [6.07, 6.45) is -0.844. The summed E-state index contributed by atoms with van der Waals surface area (Å²) in [5, 5.41) is 0.406. The molecule has 0 saturated heterocycles. The highest BCUT2D eigenvalue weighted by atomic mass is 28.3. The Morgan fingerprint density at radius 2 is 0.833 bits per heavy atom. The molecular weight excluding hydrogens is 927 g/mol. The maximum atomic E-state index is 16.7. The lowest BCUT2D eigenvalue weighted by Gasteiger charge is -2.35. The molecule has 0 bridgehead atoms. The lowest BCUT2D eigenvalue weighted by atomic mass is 9.30. The number of halogens is 15. The molecule has 0 atom stereocenters. The van der Waals surface area contributed by atoms with E-state index in [1.807, 2.05) is 0 Å². The maximum Gasteiger partial charge on any atom is 0.252 e. The van der Waals surface area contributed by atoms with Gasteiger partial charge < -0.3 is 0 Å². The largest absolute Gasteiger partial charge is 0.252 e. The smallest absolute Gasteiger partial charge is 0.204 e. The standard InChI is InChI=1S/C47H37B2F15Si2/c1-8-15-24(49(30-34(52)40(58)45(63)41(59)35(30)53)31-36(54)42(60)46(64)43(61)37(31)55)21-48(23-18-13-10-14-19-23)29-26(65(2,3)4)20-25(22-16-11-9-12-17-22)47(66(5,6)7)27(29)28-32(50)38(56)44(62)39(57)33(28)51/h9-14,16-21H,8,15H2,1-7H3/b24-21-. The van der Waals surface area contributed by atoms with Crippen LogP contribution in [-0.4, -0.2) is 29.6 Å². The zero-order valence-electron chi connectivity index (χ0n) is 36.2. The van der Waals surface area contributed by atoms with E-state index in [4.69, 9.17) is 0 Å². The second-order valence-corrected chi connectivity index (χ2v) is 27.8. The van der Waals surface area contributed by atoms with Crippen molar-refractivity contribution in [1.29, 1.82) is 0 Å². The van der Waals surface area contributed by atoms with Crippen LogP contribution in [0.2, 0.25) is 39.3 Å². The molecule has 66 heavy (non-hydrogen) atoms. The van der Waals surface area contributed by atoms with Crippen LogP contribution in [0.4, 0.5) is 65.9 Å². The van der Waals surface area contributed by atoms with Gasteiger partial charge in [-0.05, 0) is 28.3 Å². The van der Waals surface area contributed by atoms with Gasteiger partial charge in [0.15, 0.2) is 81.4 Å². The molecule has 0 N–H and O–H groups in total. The van der Waals surface area contributed by atoms with Gasteiger partial charge in [0.05, 0.1) is 21.7 Å². The van der Waals surface area contributed by atoms with Gasteiger partial charge in [-0.2, -0.15) is 0 Å². The van der Waals surface area contributed by atoms with Crippen molar-refractivity contribution in [2.45, 2.75) is 59.0 Å². The lowest BCUT2D eigenvalue weighted by molar-refractivity contribution is 0.381. The van der Waals surface area contributed by atoms with Crippen LogP contribution in [0.1, 0.15) is 19.8 Å². The second-order valence-electron chi connectivity index (χ2n) is 17.7. The van der Waals surface area contributed by atoms with Gasteiger partial charge in [0.1, 0.15) is 0 Å². The van der Waals surface area contributed by atoms with Gasteiger partial charge in [-0.1, -0.05) is 135 Å². The Kier molecular flexibility index (Phi) is 14.2. The molecule has 0 amide bonds. The summed E-state index contributed by atoms with van der Waals surface area (Å²) in [4.78, 5) is 0. The highest BCUT2D eigenvalue weighted by molar-refractivity contribution is 7.02. The molecule has 6 aromatic rings. The van der Waals surface area contributed by atoms with Crippen LogP contribution in [0, 0.1) is 87.3 Å². The molecule has 344 valence electrons. The summed E-state index contributed by atoms with van der Waals surface area (Å²) in [7, 11) is -6.31. The van der Waals surface area contributed by atoms with Crippen molar-refractivity contribution in [3.63, 3.8) is 0 Å². The van der Waals surface area contributed by atoms with Crippen LogP contribution in [0.3, 0.4) is 0 Å². The Labute approximate surface area is 373 Å². The number of hydrogen-bond acceptors (Lipinski definition) is 0. The molecule has 0 nitrogen and oxygen atoms in total. The van der Waals surface area contributed by atoms with Crippen molar-refractivity contribution in [2.75, 3.05) is 0 Å². The SMILES string of the molecule is CCC/C(=C/B(c1ccccc1)c1c([Si](C)(C)C)cc(-c2ccccc2)c([Si](C)(C)C)c1-c1c(F)c(F)c(F)c(F)c1F)B(c1c(F)c(F)c(F)c(F)c1F)c1c(F)c(F)c(F)c(F)c1F. The number of rotatable bonds is 12. The van der Waals surface area contributed by atoms with Crippen molar-refractivity contribution < 1.29 is 65.9 Å². The third kappa shape index (κ3) is 8.68. The van der Waals surface area contributed by atoms with Crippen molar-refractivity contribution in [1.82, 2.24) is 0 Å². The van der Waals surface area contributed by atoms with Crippen LogP contribution >= 0.6 is 0 Å². The molecule has 0 aliphatic rings. The summed E-state index contributed by atoms with van der Waals surface area (Å²) in [6.45, 7) is 7.20. The van der Waals surface area contributed by atoms with Crippen LogP contribution < -0.4 is 32.2 Å². The lowest BCUT2D eigenvalue weighted by Crippen LogP contribution is -2.61. The van der Waals surface area contributed by atoms with Gasteiger partial charge in [0.2, 0.25) is 12.5 Å². The predicted molar refractivity (Wildman–Crippen MR) is 235 cm³/mol. The first-order chi connectivity index (χ1) is 30.8. The minimum Gasteiger partial charge on any atom is -0.204 e. The molecular formula is C47H37B2F15Si2. The molecule has 0 aliphatic heterocycles. The fourth-order valence-corrected chi connectivity index (χ4v) is 12.1. The van der Waals surface area contributed by atoms with Gasteiger partial charge in [-0.15, -0.1) is 11.4 Å². The van der Waals surface area contributed by atoms with Gasteiger partial charge >= 0.3 is 0 Å². The number of benzene rings is 6. The predicted octanol–water partition coefficient (Wildman–Crippen LogP) is 10.9. The molecule has 0 heterocycles. The first kappa shape index (κ1) is 50.0. The first-order valence-corrected chi connectivity index (χ1v) is 27.4. The zero-order valence-corrected chi connectivity index (χ0v) is 38.2. The van der Waals surface area contributed by atoms with E-state index in [1.54, 1.807) is 75.7 Å². The zero-order chi connectivity index (χ0) is 49.1. The third-order valence-electron chi connectivity index (χ3n) is 11.3. The molecule has 0 fully saturated rings. The Morgan fingerprint density at radius 1 is 0.455 bits per heavy atom. The van der Waals surface area contributed by atoms with E-state index in [2.05, 4.69) is 0 Å². The first-order valence-electron chi connectivity index (χ1n) is 20.4. The fourth-order valence-electron chi connectivity index (χ4n) is 8.45. The van der Waals surface area contributed by atoms with E-state index in [1.165, 1.54) is 37.3 Å². The average Bonchev–Trinajstić information content (AvgIpc) is 3.28. The summed E-state index contributed by atoms with van der Waals surface area (Å²) in [5.74, 6) is -37.3. The monoisotopic (exact) mass is 964 g/mol. The molecule has 6 rings (SSSR count). The highest BCUT2D eigenvalue weighted by Crippen LogP contribution is 2.35. The average molecular weight is 965 g/mol. The Hall–Kier alpha value is -5.43. The quantitative estimate of drug-likeness (QED) is 0.0496. The van der Waals surface area contributed by atoms with Crippen LogP contribution in [0.15, 0.2) is 78.2 Å². The topological polar surface area (TPSA) is 0 Å². The van der Waals surface area contributed by atoms with E-state index in [9.17, 15) is 13.2 Å². The molecule has 0 aromatic heterocycles. The highest BCUT2D eigenvalue weighted by Gasteiger charge is 2.44.